The van der Waals surface area contributed by atoms with Crippen molar-refractivity contribution in [2.45, 2.75) is 47.5 Å². The molecule has 0 bridgehead atoms. The van der Waals surface area contributed by atoms with Gasteiger partial charge in [0.15, 0.2) is 0 Å². The van der Waals surface area contributed by atoms with Gasteiger partial charge in [-0.3, -0.25) is 0 Å². The molecule has 1 aliphatic carbocycles. The quantitative estimate of drug-likeness (QED) is 0.516. The molecule has 0 radical (unpaired) electrons. The predicted molar refractivity (Wildman–Crippen MR) is 69.2 cm³/mol. The largest absolute Gasteiger partial charge is 0.303 e. The van der Waals surface area contributed by atoms with E-state index < -0.39 is 0 Å². The van der Waals surface area contributed by atoms with E-state index in [0.717, 1.165) is 6.29 Å². The summed E-state index contributed by atoms with van der Waals surface area (Å²) in [6, 6.07) is 0. The Hall–Kier alpha value is -0.850. The van der Waals surface area contributed by atoms with Crippen LogP contribution in [0, 0.1) is 17.3 Å². The zero-order valence-corrected chi connectivity index (χ0v) is 11.2. The van der Waals surface area contributed by atoms with Gasteiger partial charge in [0.2, 0.25) is 0 Å². The van der Waals surface area contributed by atoms with Gasteiger partial charge >= 0.3 is 0 Å². The van der Waals surface area contributed by atoms with Crippen LogP contribution in [-0.4, -0.2) is 6.29 Å². The van der Waals surface area contributed by atoms with Crippen LogP contribution in [-0.2, 0) is 4.79 Å². The van der Waals surface area contributed by atoms with Crippen molar-refractivity contribution >= 4 is 6.29 Å². The Morgan fingerprint density at radius 3 is 2.69 bits per heavy atom. The average molecular weight is 220 g/mol. The molecule has 0 aromatic rings. The van der Waals surface area contributed by atoms with Gasteiger partial charge in [0.1, 0.15) is 6.29 Å². The van der Waals surface area contributed by atoms with Gasteiger partial charge in [0, 0.05) is 11.8 Å². The van der Waals surface area contributed by atoms with E-state index in [2.05, 4.69) is 39.8 Å². The predicted octanol–water partition coefficient (Wildman–Crippen LogP) is 4.15. The number of aldehydes is 1. The molecule has 2 atom stereocenters. The summed E-state index contributed by atoms with van der Waals surface area (Å²) in [7, 11) is 0. The summed E-state index contributed by atoms with van der Waals surface area (Å²) < 4.78 is 0. The molecular weight excluding hydrogens is 196 g/mol. The molecular formula is C15H24O. The second kappa shape index (κ2) is 4.99. The molecule has 1 rings (SSSR count). The van der Waals surface area contributed by atoms with Crippen molar-refractivity contribution in [2.24, 2.45) is 17.3 Å². The van der Waals surface area contributed by atoms with Crippen LogP contribution in [0.15, 0.2) is 23.3 Å². The maximum Gasteiger partial charge on any atom is 0.126 e. The second-order valence-electron chi connectivity index (χ2n) is 5.79. The van der Waals surface area contributed by atoms with Crippen LogP contribution in [0.3, 0.4) is 0 Å². The Morgan fingerprint density at radius 1 is 1.56 bits per heavy atom. The van der Waals surface area contributed by atoms with Crippen molar-refractivity contribution < 1.29 is 4.79 Å². The number of carbonyl (C=O) groups excluding carboxylic acids is 1. The Balaban J connectivity index is 2.97. The lowest BCUT2D eigenvalue weighted by atomic mass is 9.68. The number of allylic oxidation sites excluding steroid dienone is 4. The van der Waals surface area contributed by atoms with Crippen LogP contribution in [0.2, 0.25) is 0 Å². The van der Waals surface area contributed by atoms with Crippen LogP contribution in [0.5, 0.6) is 0 Å². The van der Waals surface area contributed by atoms with Crippen molar-refractivity contribution in [2.75, 3.05) is 0 Å². The van der Waals surface area contributed by atoms with Gasteiger partial charge in [-0.05, 0) is 32.1 Å². The van der Waals surface area contributed by atoms with E-state index >= 15 is 0 Å². The van der Waals surface area contributed by atoms with Crippen LogP contribution >= 0.6 is 0 Å². The van der Waals surface area contributed by atoms with Crippen LogP contribution < -0.4 is 0 Å². The Kier molecular flexibility index (Phi) is 4.12. The molecule has 0 heterocycles. The molecule has 1 nitrogen and oxygen atoms in total. The highest BCUT2D eigenvalue weighted by Crippen LogP contribution is 2.42. The fourth-order valence-corrected chi connectivity index (χ4v) is 2.45. The first-order valence-electron chi connectivity index (χ1n) is 6.18. The monoisotopic (exact) mass is 220 g/mol. The lowest BCUT2D eigenvalue weighted by Gasteiger charge is -2.37. The first-order valence-corrected chi connectivity index (χ1v) is 6.18. The van der Waals surface area contributed by atoms with Gasteiger partial charge in [-0.25, -0.2) is 0 Å². The molecule has 0 aliphatic heterocycles. The standard InChI is InChI=1S/C15H24O/c1-11-7-6-8-15(4,5)14(11)9-12(2)13(3)10-16/h7,9-10,13-14H,6,8H2,1-5H3/b12-9+. The fraction of sp³-hybridized carbons (Fsp3) is 0.667. The lowest BCUT2D eigenvalue weighted by Crippen LogP contribution is -2.27. The summed E-state index contributed by atoms with van der Waals surface area (Å²) in [6.45, 7) is 10.9. The summed E-state index contributed by atoms with van der Waals surface area (Å²) in [5, 5.41) is 0. The van der Waals surface area contributed by atoms with Gasteiger partial charge in [0.25, 0.3) is 0 Å². The fourth-order valence-electron chi connectivity index (χ4n) is 2.45. The minimum Gasteiger partial charge on any atom is -0.303 e. The smallest absolute Gasteiger partial charge is 0.126 e. The third-order valence-electron chi connectivity index (χ3n) is 3.94. The summed E-state index contributed by atoms with van der Waals surface area (Å²) >= 11 is 0. The number of rotatable bonds is 3. The molecule has 0 N–H and O–H groups in total. The molecule has 0 aromatic heterocycles. The Bertz CT molecular complexity index is 320. The average Bonchev–Trinajstić information content (AvgIpc) is 2.21. The third-order valence-corrected chi connectivity index (χ3v) is 3.94. The summed E-state index contributed by atoms with van der Waals surface area (Å²) in [4.78, 5) is 10.8. The lowest BCUT2D eigenvalue weighted by molar-refractivity contribution is -0.109. The number of carbonyl (C=O) groups is 1. The molecule has 0 fully saturated rings. The van der Waals surface area contributed by atoms with Crippen LogP contribution in [0.4, 0.5) is 0 Å². The van der Waals surface area contributed by atoms with Crippen molar-refractivity contribution in [3.63, 3.8) is 0 Å². The second-order valence-corrected chi connectivity index (χ2v) is 5.79. The SMILES string of the molecule is CC1=CCCC(C)(C)C1/C=C(\C)C(C)C=O. The molecule has 0 saturated carbocycles. The van der Waals surface area contributed by atoms with Crippen LogP contribution in [0.25, 0.3) is 0 Å². The molecule has 90 valence electrons. The Morgan fingerprint density at radius 2 is 2.19 bits per heavy atom. The molecule has 1 aliphatic rings. The van der Waals surface area contributed by atoms with Crippen molar-refractivity contribution in [1.82, 2.24) is 0 Å². The van der Waals surface area contributed by atoms with E-state index in [4.69, 9.17) is 0 Å². The third kappa shape index (κ3) is 2.84. The maximum atomic E-state index is 10.8. The summed E-state index contributed by atoms with van der Waals surface area (Å²) in [6.07, 6.45) is 8.08. The normalized spacial score (nSPS) is 27.2. The van der Waals surface area contributed by atoms with Crippen LogP contribution in [0.1, 0.15) is 47.5 Å². The van der Waals surface area contributed by atoms with Crippen molar-refractivity contribution in [1.29, 1.82) is 0 Å². The summed E-state index contributed by atoms with van der Waals surface area (Å²) in [5.74, 6) is 0.536. The molecule has 1 heteroatoms. The van der Waals surface area contributed by atoms with E-state index in [1.165, 1.54) is 24.0 Å². The minimum absolute atomic E-state index is 0.0468. The topological polar surface area (TPSA) is 17.1 Å². The van der Waals surface area contributed by atoms with Gasteiger partial charge < -0.3 is 4.79 Å². The Labute approximate surface area is 99.6 Å². The zero-order chi connectivity index (χ0) is 12.3. The maximum absolute atomic E-state index is 10.8. The minimum atomic E-state index is 0.0468. The van der Waals surface area contributed by atoms with Gasteiger partial charge in [-0.1, -0.05) is 44.1 Å². The van der Waals surface area contributed by atoms with Gasteiger partial charge in [-0.2, -0.15) is 0 Å². The van der Waals surface area contributed by atoms with E-state index in [1.54, 1.807) is 0 Å². The van der Waals surface area contributed by atoms with Crippen molar-refractivity contribution in [3.05, 3.63) is 23.3 Å². The first-order chi connectivity index (χ1) is 7.38. The highest BCUT2D eigenvalue weighted by atomic mass is 16.1. The molecule has 0 saturated heterocycles. The van der Waals surface area contributed by atoms with E-state index in [1.807, 2.05) is 6.92 Å². The van der Waals surface area contributed by atoms with E-state index in [0.29, 0.717) is 11.3 Å². The molecule has 2 unspecified atom stereocenters. The van der Waals surface area contributed by atoms with E-state index in [-0.39, 0.29) is 5.92 Å². The molecule has 0 spiro atoms. The molecule has 0 aromatic carbocycles. The van der Waals surface area contributed by atoms with Crippen molar-refractivity contribution in [3.8, 4) is 0 Å². The first kappa shape index (κ1) is 13.2. The molecule has 0 amide bonds. The highest BCUT2D eigenvalue weighted by molar-refractivity contribution is 5.57. The number of hydrogen-bond acceptors (Lipinski definition) is 1. The number of hydrogen-bond donors (Lipinski definition) is 0. The highest BCUT2D eigenvalue weighted by Gasteiger charge is 2.31. The molecule has 16 heavy (non-hydrogen) atoms. The van der Waals surface area contributed by atoms with Gasteiger partial charge in [-0.15, -0.1) is 0 Å². The van der Waals surface area contributed by atoms with E-state index in [9.17, 15) is 4.79 Å². The van der Waals surface area contributed by atoms with Gasteiger partial charge in [0.05, 0.1) is 0 Å². The summed E-state index contributed by atoms with van der Waals surface area (Å²) in [5.41, 5.74) is 2.97. The zero-order valence-electron chi connectivity index (χ0n) is 11.2.